The third-order valence-electron chi connectivity index (χ3n) is 2.79. The minimum Gasteiger partial charge on any atom is -0.483 e. The second kappa shape index (κ2) is 7.26. The van der Waals surface area contributed by atoms with E-state index in [4.69, 9.17) is 4.74 Å². The Hall–Kier alpha value is -2.39. The molecule has 0 bridgehead atoms. The number of aryl methyl sites for hydroxylation is 1. The molecule has 2 N–H and O–H groups in total. The number of nitrogens with zero attached hydrogens (tertiary/aromatic N) is 1. The van der Waals surface area contributed by atoms with Crippen LogP contribution in [0.2, 0.25) is 0 Å². The fraction of sp³-hybridized carbons (Fsp3) is 0.118. The van der Waals surface area contributed by atoms with Gasteiger partial charge in [0.05, 0.1) is 6.21 Å². The second-order valence-electron chi connectivity index (χ2n) is 4.46. The molecule has 0 atom stereocenters. The quantitative estimate of drug-likeness (QED) is 0.282. The van der Waals surface area contributed by atoms with Crippen molar-refractivity contribution < 1.29 is 10.2 Å². The predicted octanol–water partition coefficient (Wildman–Crippen LogP) is 2.79. The van der Waals surface area contributed by atoms with E-state index in [2.05, 4.69) is 30.7 Å². The van der Waals surface area contributed by atoms with Crippen molar-refractivity contribution in [2.75, 3.05) is 6.61 Å². The summed E-state index contributed by atoms with van der Waals surface area (Å²) in [6.45, 7) is 6.21. The number of para-hydroxylation sites is 1. The van der Waals surface area contributed by atoms with Crippen molar-refractivity contribution in [2.45, 2.75) is 6.92 Å². The highest BCUT2D eigenvalue weighted by Gasteiger charge is 2.04. The summed E-state index contributed by atoms with van der Waals surface area (Å²) < 4.78 is 5.58. The van der Waals surface area contributed by atoms with E-state index >= 15 is 0 Å². The molecule has 0 radical (unpaired) electrons. The molecule has 0 amide bonds. The van der Waals surface area contributed by atoms with Gasteiger partial charge in [0.25, 0.3) is 0 Å². The van der Waals surface area contributed by atoms with Crippen molar-refractivity contribution in [1.29, 1.82) is 0 Å². The first-order chi connectivity index (χ1) is 9.79. The Kier molecular flexibility index (Phi) is 5.09. The summed E-state index contributed by atoms with van der Waals surface area (Å²) in [5.41, 5.74) is 5.08. The third kappa shape index (κ3) is 4.07. The van der Waals surface area contributed by atoms with Gasteiger partial charge in [-0.2, -0.15) is 5.43 Å². The van der Waals surface area contributed by atoms with Crippen molar-refractivity contribution in [2.24, 2.45) is 5.10 Å². The number of quaternary nitrogens is 1. The molecule has 20 heavy (non-hydrogen) atoms. The van der Waals surface area contributed by atoms with Gasteiger partial charge in [0.2, 0.25) is 0 Å². The zero-order valence-corrected chi connectivity index (χ0v) is 11.6. The molecule has 0 saturated carbocycles. The van der Waals surface area contributed by atoms with Crippen LogP contribution in [0.4, 0.5) is 5.69 Å². The van der Waals surface area contributed by atoms with Crippen LogP contribution < -0.4 is 10.2 Å². The van der Waals surface area contributed by atoms with Gasteiger partial charge in [-0.15, -0.1) is 0 Å². The van der Waals surface area contributed by atoms with E-state index < -0.39 is 0 Å². The van der Waals surface area contributed by atoms with Gasteiger partial charge in [0.15, 0.2) is 11.4 Å². The number of nitrogens with two attached hydrogens (primary N) is 1. The molecule has 0 saturated heterocycles. The van der Waals surface area contributed by atoms with Crippen LogP contribution in [0.5, 0.6) is 5.75 Å². The minimum absolute atomic E-state index is 0.493. The summed E-state index contributed by atoms with van der Waals surface area (Å²) in [4.78, 5) is 0. The Labute approximate surface area is 119 Å². The maximum absolute atomic E-state index is 5.58. The average Bonchev–Trinajstić information content (AvgIpc) is 2.48. The standard InChI is InChI=1S/C17H18N2O/c1-3-12-20-17-7-5-4-6-16(17)19-18-13-15-10-8-14(2)9-11-15/h3-11,13,19H,1,12H2,2H3/p+1/b18-13-. The Morgan fingerprint density at radius 1 is 1.15 bits per heavy atom. The van der Waals surface area contributed by atoms with Gasteiger partial charge in [-0.1, -0.05) is 59.7 Å². The molecule has 0 aliphatic carbocycles. The fourth-order valence-electron chi connectivity index (χ4n) is 1.72. The summed E-state index contributed by atoms with van der Waals surface area (Å²) in [5, 5.41) is 4.35. The molecular weight excluding hydrogens is 248 g/mol. The Morgan fingerprint density at radius 2 is 1.90 bits per heavy atom. The predicted molar refractivity (Wildman–Crippen MR) is 82.5 cm³/mol. The average molecular weight is 267 g/mol. The second-order valence-corrected chi connectivity index (χ2v) is 4.46. The van der Waals surface area contributed by atoms with E-state index in [1.165, 1.54) is 5.56 Å². The number of rotatable bonds is 6. The van der Waals surface area contributed by atoms with Gasteiger partial charge in [0.1, 0.15) is 6.61 Å². The van der Waals surface area contributed by atoms with Crippen LogP contribution in [-0.2, 0) is 0 Å². The van der Waals surface area contributed by atoms with E-state index in [9.17, 15) is 0 Å². The van der Waals surface area contributed by atoms with E-state index in [1.54, 1.807) is 11.5 Å². The van der Waals surface area contributed by atoms with Crippen molar-refractivity contribution in [3.8, 4) is 5.75 Å². The molecule has 102 valence electrons. The molecule has 0 heterocycles. The normalized spacial score (nSPS) is 10.7. The van der Waals surface area contributed by atoms with Gasteiger partial charge in [-0.25, -0.2) is 0 Å². The van der Waals surface area contributed by atoms with E-state index in [0.29, 0.717) is 6.61 Å². The van der Waals surface area contributed by atoms with Crippen LogP contribution >= 0.6 is 0 Å². The molecule has 0 spiro atoms. The van der Waals surface area contributed by atoms with Gasteiger partial charge in [0, 0.05) is 6.07 Å². The topological polar surface area (TPSA) is 38.2 Å². The number of benzene rings is 2. The van der Waals surface area contributed by atoms with Crippen LogP contribution in [0.25, 0.3) is 0 Å². The Balaban J connectivity index is 2.02. The Morgan fingerprint density at radius 3 is 2.65 bits per heavy atom. The lowest BCUT2D eigenvalue weighted by Crippen LogP contribution is -2.71. The highest BCUT2D eigenvalue weighted by molar-refractivity contribution is 5.78. The maximum atomic E-state index is 5.58. The zero-order valence-electron chi connectivity index (χ0n) is 11.6. The Bertz CT molecular complexity index is 588. The highest BCUT2D eigenvalue weighted by atomic mass is 16.5. The van der Waals surface area contributed by atoms with Gasteiger partial charge in [-0.3, -0.25) is 0 Å². The molecule has 0 aliphatic heterocycles. The smallest absolute Gasteiger partial charge is 0.198 e. The fourth-order valence-corrected chi connectivity index (χ4v) is 1.72. The summed E-state index contributed by atoms with van der Waals surface area (Å²) >= 11 is 0. The van der Waals surface area contributed by atoms with E-state index in [1.807, 2.05) is 42.6 Å². The van der Waals surface area contributed by atoms with Gasteiger partial charge >= 0.3 is 0 Å². The molecule has 2 aromatic carbocycles. The number of hydrogen-bond acceptors (Lipinski definition) is 2. The van der Waals surface area contributed by atoms with Crippen molar-refractivity contribution >= 4 is 11.9 Å². The molecule has 3 nitrogen and oxygen atoms in total. The monoisotopic (exact) mass is 267 g/mol. The number of ether oxygens (including phenoxy) is 1. The third-order valence-corrected chi connectivity index (χ3v) is 2.79. The van der Waals surface area contributed by atoms with E-state index in [-0.39, 0.29) is 0 Å². The van der Waals surface area contributed by atoms with Crippen LogP contribution in [0.3, 0.4) is 0 Å². The molecule has 3 heteroatoms. The van der Waals surface area contributed by atoms with Crippen LogP contribution in [0.15, 0.2) is 66.3 Å². The van der Waals surface area contributed by atoms with Crippen molar-refractivity contribution in [1.82, 2.24) is 0 Å². The minimum atomic E-state index is 0.493. The molecule has 0 fully saturated rings. The van der Waals surface area contributed by atoms with Crippen LogP contribution in [-0.4, -0.2) is 12.8 Å². The SMILES string of the molecule is C=CCOc1ccccc1[NH2+]/N=C\c1ccc(C)cc1. The lowest BCUT2D eigenvalue weighted by molar-refractivity contribution is -0.577. The van der Waals surface area contributed by atoms with Crippen LogP contribution in [0, 0.1) is 6.92 Å². The highest BCUT2D eigenvalue weighted by Crippen LogP contribution is 2.18. The summed E-state index contributed by atoms with van der Waals surface area (Å²) in [6.07, 6.45) is 3.57. The number of hydrogen-bond donors (Lipinski definition) is 1. The lowest BCUT2D eigenvalue weighted by Gasteiger charge is -2.04. The molecule has 2 rings (SSSR count). The van der Waals surface area contributed by atoms with Gasteiger partial charge < -0.3 is 4.74 Å². The first kappa shape index (κ1) is 14.0. The lowest BCUT2D eigenvalue weighted by atomic mass is 10.2. The molecule has 0 aromatic heterocycles. The first-order valence-electron chi connectivity index (χ1n) is 6.55. The van der Waals surface area contributed by atoms with Crippen molar-refractivity contribution in [3.05, 3.63) is 72.3 Å². The largest absolute Gasteiger partial charge is 0.483 e. The molecule has 2 aromatic rings. The first-order valence-corrected chi connectivity index (χ1v) is 6.55. The zero-order chi connectivity index (χ0) is 14.2. The maximum Gasteiger partial charge on any atom is 0.198 e. The van der Waals surface area contributed by atoms with E-state index in [0.717, 1.165) is 17.0 Å². The van der Waals surface area contributed by atoms with Crippen LogP contribution in [0.1, 0.15) is 11.1 Å². The molecule has 0 aliphatic rings. The van der Waals surface area contributed by atoms with Crippen molar-refractivity contribution in [3.63, 3.8) is 0 Å². The summed E-state index contributed by atoms with van der Waals surface area (Å²) in [7, 11) is 0. The summed E-state index contributed by atoms with van der Waals surface area (Å²) in [5.74, 6) is 0.813. The van der Waals surface area contributed by atoms with Gasteiger partial charge in [-0.05, 0) is 18.6 Å². The molecule has 0 unspecified atom stereocenters. The summed E-state index contributed by atoms with van der Waals surface area (Å²) in [6, 6.07) is 16.1. The molecular formula is C17H19N2O+.